The number of ether oxygens (including phenoxy) is 1. The molecule has 2 aromatic heterocycles. The number of carboxylic acid groups (broad SMARTS) is 1. The maximum atomic E-state index is 11.1. The summed E-state index contributed by atoms with van der Waals surface area (Å²) in [7, 11) is 1.48. The van der Waals surface area contributed by atoms with E-state index in [0.717, 1.165) is 12.8 Å². The summed E-state index contributed by atoms with van der Waals surface area (Å²) in [6.07, 6.45) is 1.99. The molecule has 10 heteroatoms. The Hall–Kier alpha value is -2.36. The Morgan fingerprint density at radius 1 is 1.29 bits per heavy atom. The van der Waals surface area contributed by atoms with E-state index in [4.69, 9.17) is 9.84 Å². The van der Waals surface area contributed by atoms with Crippen molar-refractivity contribution >= 4 is 5.97 Å². The van der Waals surface area contributed by atoms with Crippen molar-refractivity contribution in [3.63, 3.8) is 0 Å². The number of aromatic carboxylic acids is 1. The SMILES string of the molecule is CCCCn1nnnc1Cn1nnc(C(=O)O)c1COC. The average molecular weight is 295 g/mol. The molecule has 114 valence electrons. The van der Waals surface area contributed by atoms with Crippen LogP contribution in [-0.4, -0.2) is 53.4 Å². The first-order chi connectivity index (χ1) is 10.2. The number of aryl methyl sites for hydroxylation is 1. The monoisotopic (exact) mass is 295 g/mol. The zero-order valence-corrected chi connectivity index (χ0v) is 11.9. The largest absolute Gasteiger partial charge is 0.476 e. The molecule has 0 atom stereocenters. The molecule has 0 fully saturated rings. The Bertz CT molecular complexity index is 607. The van der Waals surface area contributed by atoms with Crippen LogP contribution in [0.1, 0.15) is 41.8 Å². The van der Waals surface area contributed by atoms with Crippen molar-refractivity contribution in [1.82, 2.24) is 35.2 Å². The van der Waals surface area contributed by atoms with Gasteiger partial charge in [0.1, 0.15) is 6.54 Å². The predicted molar refractivity (Wildman–Crippen MR) is 69.5 cm³/mol. The van der Waals surface area contributed by atoms with E-state index >= 15 is 0 Å². The van der Waals surface area contributed by atoms with Gasteiger partial charge in [-0.3, -0.25) is 0 Å². The van der Waals surface area contributed by atoms with Crippen LogP contribution in [0.15, 0.2) is 0 Å². The number of carboxylic acids is 1. The Kier molecular flexibility index (Phi) is 4.93. The number of tetrazole rings is 1. The van der Waals surface area contributed by atoms with Crippen LogP contribution in [0.3, 0.4) is 0 Å². The number of aromatic nitrogens is 7. The van der Waals surface area contributed by atoms with Gasteiger partial charge < -0.3 is 9.84 Å². The molecule has 0 aliphatic heterocycles. The molecule has 0 amide bonds. The van der Waals surface area contributed by atoms with E-state index in [1.165, 1.54) is 11.8 Å². The van der Waals surface area contributed by atoms with Gasteiger partial charge in [-0.2, -0.15) is 0 Å². The van der Waals surface area contributed by atoms with E-state index in [9.17, 15) is 4.79 Å². The van der Waals surface area contributed by atoms with Gasteiger partial charge in [-0.1, -0.05) is 18.6 Å². The third-order valence-corrected chi connectivity index (χ3v) is 2.94. The van der Waals surface area contributed by atoms with Gasteiger partial charge in [0.2, 0.25) is 0 Å². The molecule has 0 aromatic carbocycles. The highest BCUT2D eigenvalue weighted by molar-refractivity contribution is 5.86. The summed E-state index contributed by atoms with van der Waals surface area (Å²) >= 11 is 0. The van der Waals surface area contributed by atoms with Gasteiger partial charge in [-0.05, 0) is 16.8 Å². The normalized spacial score (nSPS) is 11.0. The molecule has 0 aliphatic carbocycles. The van der Waals surface area contributed by atoms with Crippen molar-refractivity contribution in [2.24, 2.45) is 0 Å². The predicted octanol–water partition coefficient (Wildman–Crippen LogP) is -0.0424. The number of methoxy groups -OCH3 is 1. The first-order valence-corrected chi connectivity index (χ1v) is 6.57. The lowest BCUT2D eigenvalue weighted by Gasteiger charge is -2.06. The minimum absolute atomic E-state index is 0.102. The number of nitrogens with zero attached hydrogens (tertiary/aromatic N) is 7. The summed E-state index contributed by atoms with van der Waals surface area (Å²) in [5, 5.41) is 28.1. The maximum absolute atomic E-state index is 11.1. The Balaban J connectivity index is 2.23. The van der Waals surface area contributed by atoms with Gasteiger partial charge in [0.25, 0.3) is 0 Å². The van der Waals surface area contributed by atoms with Crippen molar-refractivity contribution in [2.45, 2.75) is 39.5 Å². The molecule has 2 rings (SSSR count). The zero-order valence-electron chi connectivity index (χ0n) is 11.9. The minimum Gasteiger partial charge on any atom is -0.476 e. The average Bonchev–Trinajstić information content (AvgIpc) is 3.05. The lowest BCUT2D eigenvalue weighted by molar-refractivity contribution is 0.0684. The topological polar surface area (TPSA) is 121 Å². The van der Waals surface area contributed by atoms with Crippen LogP contribution in [0.25, 0.3) is 0 Å². The highest BCUT2D eigenvalue weighted by Gasteiger charge is 2.20. The number of carbonyl (C=O) groups is 1. The highest BCUT2D eigenvalue weighted by Crippen LogP contribution is 2.09. The van der Waals surface area contributed by atoms with Gasteiger partial charge in [0.05, 0.1) is 12.3 Å². The molecule has 0 aliphatic rings. The van der Waals surface area contributed by atoms with Crippen LogP contribution in [-0.2, 0) is 24.4 Å². The van der Waals surface area contributed by atoms with E-state index in [-0.39, 0.29) is 18.8 Å². The molecule has 0 unspecified atom stereocenters. The number of rotatable bonds is 8. The summed E-state index contributed by atoms with van der Waals surface area (Å²) in [5.41, 5.74) is 0.263. The van der Waals surface area contributed by atoms with E-state index < -0.39 is 5.97 Å². The Morgan fingerprint density at radius 2 is 2.10 bits per heavy atom. The first kappa shape index (κ1) is 15.0. The molecule has 10 nitrogen and oxygen atoms in total. The quantitative estimate of drug-likeness (QED) is 0.720. The summed E-state index contributed by atoms with van der Waals surface area (Å²) < 4.78 is 8.14. The highest BCUT2D eigenvalue weighted by atomic mass is 16.5. The molecule has 0 radical (unpaired) electrons. The minimum atomic E-state index is -1.14. The second-order valence-corrected chi connectivity index (χ2v) is 4.45. The van der Waals surface area contributed by atoms with Crippen LogP contribution in [0.2, 0.25) is 0 Å². The van der Waals surface area contributed by atoms with Crippen molar-refractivity contribution in [3.05, 3.63) is 17.2 Å². The van der Waals surface area contributed by atoms with Crippen LogP contribution in [0.5, 0.6) is 0 Å². The van der Waals surface area contributed by atoms with Crippen molar-refractivity contribution in [1.29, 1.82) is 0 Å². The molecule has 21 heavy (non-hydrogen) atoms. The van der Waals surface area contributed by atoms with Crippen LogP contribution >= 0.6 is 0 Å². The molecular weight excluding hydrogens is 278 g/mol. The van der Waals surface area contributed by atoms with Gasteiger partial charge in [0.15, 0.2) is 11.5 Å². The van der Waals surface area contributed by atoms with Gasteiger partial charge in [-0.15, -0.1) is 10.2 Å². The fourth-order valence-electron chi connectivity index (χ4n) is 1.86. The van der Waals surface area contributed by atoms with Crippen LogP contribution in [0, 0.1) is 0 Å². The molecule has 2 heterocycles. The smallest absolute Gasteiger partial charge is 0.358 e. The van der Waals surface area contributed by atoms with E-state index in [1.807, 2.05) is 0 Å². The molecular formula is C11H17N7O3. The van der Waals surface area contributed by atoms with Gasteiger partial charge in [0, 0.05) is 13.7 Å². The lowest BCUT2D eigenvalue weighted by Crippen LogP contribution is -2.14. The molecule has 0 spiro atoms. The third-order valence-electron chi connectivity index (χ3n) is 2.94. The Labute approximate surface area is 120 Å². The summed E-state index contributed by atoms with van der Waals surface area (Å²) in [5.74, 6) is -0.540. The second-order valence-electron chi connectivity index (χ2n) is 4.45. The van der Waals surface area contributed by atoms with Crippen molar-refractivity contribution in [3.8, 4) is 0 Å². The zero-order chi connectivity index (χ0) is 15.2. The van der Waals surface area contributed by atoms with Gasteiger partial charge in [-0.25, -0.2) is 14.2 Å². The summed E-state index contributed by atoms with van der Waals surface area (Å²) in [6, 6.07) is 0. The molecule has 0 bridgehead atoms. The number of unbranched alkanes of at least 4 members (excludes halogenated alkanes) is 1. The molecule has 0 saturated heterocycles. The first-order valence-electron chi connectivity index (χ1n) is 6.57. The fourth-order valence-corrected chi connectivity index (χ4v) is 1.86. The Morgan fingerprint density at radius 3 is 2.76 bits per heavy atom. The standard InChI is InChI=1S/C11H17N7O3/c1-3-4-5-17-9(12-14-16-17)6-18-8(7-21-2)10(11(19)20)13-15-18/h3-7H2,1-2H3,(H,19,20). The third kappa shape index (κ3) is 3.40. The van der Waals surface area contributed by atoms with E-state index in [0.29, 0.717) is 18.1 Å². The van der Waals surface area contributed by atoms with Gasteiger partial charge >= 0.3 is 5.97 Å². The molecule has 1 N–H and O–H groups in total. The van der Waals surface area contributed by atoms with E-state index in [1.54, 1.807) is 4.68 Å². The van der Waals surface area contributed by atoms with Crippen LogP contribution in [0.4, 0.5) is 0 Å². The summed E-state index contributed by atoms with van der Waals surface area (Å²) in [4.78, 5) is 11.1. The number of hydrogen-bond acceptors (Lipinski definition) is 7. The molecule has 0 saturated carbocycles. The van der Waals surface area contributed by atoms with E-state index in [2.05, 4.69) is 32.8 Å². The van der Waals surface area contributed by atoms with Crippen molar-refractivity contribution < 1.29 is 14.6 Å². The summed E-state index contributed by atoms with van der Waals surface area (Å²) in [6.45, 7) is 3.14. The second kappa shape index (κ2) is 6.88. The molecule has 2 aromatic rings. The van der Waals surface area contributed by atoms with Crippen molar-refractivity contribution in [2.75, 3.05) is 7.11 Å². The van der Waals surface area contributed by atoms with Crippen LogP contribution < -0.4 is 0 Å². The fraction of sp³-hybridized carbons (Fsp3) is 0.636. The maximum Gasteiger partial charge on any atom is 0.358 e. The lowest BCUT2D eigenvalue weighted by atomic mass is 10.3. The number of hydrogen-bond donors (Lipinski definition) is 1.